The molecule has 1 aromatic carbocycles. The van der Waals surface area contributed by atoms with Crippen molar-refractivity contribution in [1.29, 1.82) is 0 Å². The molecule has 0 heterocycles. The van der Waals surface area contributed by atoms with Crippen LogP contribution in [0, 0.1) is 9.39 Å². The van der Waals surface area contributed by atoms with E-state index in [0.29, 0.717) is 15.6 Å². The third-order valence-corrected chi connectivity index (χ3v) is 4.17. The number of hydrogen-bond acceptors (Lipinski definition) is 2. The number of phenolic OH excluding ortho intramolecular Hbond substituents is 1. The van der Waals surface area contributed by atoms with Gasteiger partial charge < -0.3 is 5.11 Å². The van der Waals surface area contributed by atoms with Crippen LogP contribution < -0.4 is 0 Å². The average Bonchev–Trinajstić information content (AvgIpc) is 2.43. The highest BCUT2D eigenvalue weighted by Crippen LogP contribution is 2.25. The first-order valence-electron chi connectivity index (χ1n) is 7.27. The van der Waals surface area contributed by atoms with Gasteiger partial charge in [-0.15, -0.1) is 0 Å². The zero-order valence-corrected chi connectivity index (χ0v) is 14.1. The zero-order valence-electron chi connectivity index (χ0n) is 11.9. The van der Waals surface area contributed by atoms with Crippen molar-refractivity contribution in [2.24, 2.45) is 0 Å². The summed E-state index contributed by atoms with van der Waals surface area (Å²) in [5, 5.41) is 9.34. The van der Waals surface area contributed by atoms with E-state index in [4.69, 9.17) is 0 Å². The molecule has 0 radical (unpaired) electrons. The van der Waals surface area contributed by atoms with Crippen LogP contribution in [0.4, 0.5) is 4.39 Å². The summed E-state index contributed by atoms with van der Waals surface area (Å²) < 4.78 is 13.7. The van der Waals surface area contributed by atoms with Gasteiger partial charge in [-0.1, -0.05) is 45.4 Å². The Morgan fingerprint density at radius 1 is 1.15 bits per heavy atom. The highest BCUT2D eigenvalue weighted by molar-refractivity contribution is 14.1. The van der Waals surface area contributed by atoms with E-state index in [1.54, 1.807) is 6.07 Å². The SMILES string of the molecule is CCCCCCCCCC(=O)c1cc(F)c(O)c(I)c1. The van der Waals surface area contributed by atoms with Gasteiger partial charge >= 0.3 is 0 Å². The molecule has 0 atom stereocenters. The van der Waals surface area contributed by atoms with Crippen LogP contribution in [0.25, 0.3) is 0 Å². The molecule has 0 aliphatic carbocycles. The van der Waals surface area contributed by atoms with Crippen LogP contribution in [0.15, 0.2) is 12.1 Å². The van der Waals surface area contributed by atoms with E-state index in [0.717, 1.165) is 25.3 Å². The lowest BCUT2D eigenvalue weighted by Gasteiger charge is -2.05. The van der Waals surface area contributed by atoms with Gasteiger partial charge in [0.15, 0.2) is 17.3 Å². The van der Waals surface area contributed by atoms with Crippen LogP contribution in [0.3, 0.4) is 0 Å². The van der Waals surface area contributed by atoms with Gasteiger partial charge in [-0.05, 0) is 41.1 Å². The highest BCUT2D eigenvalue weighted by Gasteiger charge is 2.12. The second-order valence-electron chi connectivity index (χ2n) is 5.08. The molecule has 4 heteroatoms. The minimum absolute atomic E-state index is 0.0459. The summed E-state index contributed by atoms with van der Waals surface area (Å²) >= 11 is 1.83. The second kappa shape index (κ2) is 9.32. The monoisotopic (exact) mass is 392 g/mol. The summed E-state index contributed by atoms with van der Waals surface area (Å²) in [5.74, 6) is -1.15. The van der Waals surface area contributed by atoms with Gasteiger partial charge in [-0.2, -0.15) is 0 Å². The fraction of sp³-hybridized carbons (Fsp3) is 0.562. The third kappa shape index (κ3) is 5.77. The molecule has 0 aromatic heterocycles. The molecule has 0 amide bonds. The summed E-state index contributed by atoms with van der Waals surface area (Å²) in [6, 6.07) is 2.67. The van der Waals surface area contributed by atoms with Gasteiger partial charge in [0.2, 0.25) is 0 Å². The molecule has 0 aliphatic rings. The Kier molecular flexibility index (Phi) is 8.11. The van der Waals surface area contributed by atoms with Gasteiger partial charge in [-0.3, -0.25) is 4.79 Å². The molecule has 20 heavy (non-hydrogen) atoms. The summed E-state index contributed by atoms with van der Waals surface area (Å²) in [7, 11) is 0. The van der Waals surface area contributed by atoms with Crippen molar-refractivity contribution < 1.29 is 14.3 Å². The van der Waals surface area contributed by atoms with Crippen molar-refractivity contribution in [3.8, 4) is 5.75 Å². The van der Waals surface area contributed by atoms with E-state index < -0.39 is 5.82 Å². The smallest absolute Gasteiger partial charge is 0.166 e. The fourth-order valence-corrected chi connectivity index (χ4v) is 2.71. The number of hydrogen-bond donors (Lipinski definition) is 1. The Labute approximate surface area is 133 Å². The third-order valence-electron chi connectivity index (χ3n) is 3.35. The van der Waals surface area contributed by atoms with E-state index in [1.807, 2.05) is 22.6 Å². The lowest BCUT2D eigenvalue weighted by Crippen LogP contribution is -2.01. The Bertz CT molecular complexity index is 423. The van der Waals surface area contributed by atoms with E-state index in [1.165, 1.54) is 25.7 Å². The molecule has 1 rings (SSSR count). The molecule has 112 valence electrons. The van der Waals surface area contributed by atoms with Gasteiger partial charge in [-0.25, -0.2) is 4.39 Å². The van der Waals surface area contributed by atoms with Gasteiger partial charge in [0.25, 0.3) is 0 Å². The first kappa shape index (κ1) is 17.4. The van der Waals surface area contributed by atoms with Crippen molar-refractivity contribution >= 4 is 28.4 Å². The maximum absolute atomic E-state index is 13.4. The van der Waals surface area contributed by atoms with Gasteiger partial charge in [0, 0.05) is 12.0 Å². The quantitative estimate of drug-likeness (QED) is 0.344. The number of aromatic hydroxyl groups is 1. The lowest BCUT2D eigenvalue weighted by molar-refractivity contribution is 0.0978. The topological polar surface area (TPSA) is 37.3 Å². The molecule has 0 unspecified atom stereocenters. The van der Waals surface area contributed by atoms with Gasteiger partial charge in [0.1, 0.15) is 0 Å². The van der Waals surface area contributed by atoms with Crippen molar-refractivity contribution in [3.63, 3.8) is 0 Å². The molecule has 2 nitrogen and oxygen atoms in total. The Balaban J connectivity index is 2.33. The average molecular weight is 392 g/mol. The number of benzene rings is 1. The first-order valence-corrected chi connectivity index (χ1v) is 8.35. The predicted molar refractivity (Wildman–Crippen MR) is 87.7 cm³/mol. The van der Waals surface area contributed by atoms with E-state index in [-0.39, 0.29) is 11.5 Å². The molecule has 0 bridgehead atoms. The van der Waals surface area contributed by atoms with Crippen LogP contribution >= 0.6 is 22.6 Å². The van der Waals surface area contributed by atoms with Crippen molar-refractivity contribution in [2.75, 3.05) is 0 Å². The zero-order chi connectivity index (χ0) is 15.0. The van der Waals surface area contributed by atoms with Crippen LogP contribution in [-0.4, -0.2) is 10.9 Å². The molecule has 0 saturated heterocycles. The van der Waals surface area contributed by atoms with E-state index in [9.17, 15) is 14.3 Å². The first-order chi connectivity index (χ1) is 9.56. The normalized spacial score (nSPS) is 10.8. The lowest BCUT2D eigenvalue weighted by atomic mass is 10.0. The number of unbranched alkanes of at least 4 members (excludes halogenated alkanes) is 6. The number of phenols is 1. The molecule has 0 aliphatic heterocycles. The number of rotatable bonds is 9. The molecule has 0 spiro atoms. The molecular formula is C16H22FIO2. The van der Waals surface area contributed by atoms with Crippen molar-refractivity contribution in [3.05, 3.63) is 27.1 Å². The fourth-order valence-electron chi connectivity index (χ4n) is 2.11. The number of Topliss-reactive ketones (excluding diaryl/α,β-unsaturated/α-hetero) is 1. The predicted octanol–water partition coefficient (Wildman–Crippen LogP) is 5.46. The van der Waals surface area contributed by atoms with Crippen molar-refractivity contribution in [1.82, 2.24) is 0 Å². The summed E-state index contributed by atoms with van der Waals surface area (Å²) in [5.41, 5.74) is 0.357. The Hall–Kier alpha value is -0.650. The standard InChI is InChI=1S/C16H22FIO2/c1-2-3-4-5-6-7-8-9-15(19)12-10-13(17)16(20)14(18)11-12/h10-11,20H,2-9H2,1H3. The number of carbonyl (C=O) groups excluding carboxylic acids is 1. The molecule has 1 N–H and O–H groups in total. The maximum Gasteiger partial charge on any atom is 0.166 e. The second-order valence-corrected chi connectivity index (χ2v) is 6.25. The van der Waals surface area contributed by atoms with Crippen LogP contribution in [0.1, 0.15) is 68.6 Å². The van der Waals surface area contributed by atoms with Crippen LogP contribution in [-0.2, 0) is 0 Å². The van der Waals surface area contributed by atoms with E-state index >= 15 is 0 Å². The molecule has 0 fully saturated rings. The molecule has 1 aromatic rings. The summed E-state index contributed by atoms with van der Waals surface area (Å²) in [6.45, 7) is 2.19. The molecular weight excluding hydrogens is 370 g/mol. The highest BCUT2D eigenvalue weighted by atomic mass is 127. The summed E-state index contributed by atoms with van der Waals surface area (Å²) in [6.07, 6.45) is 8.53. The Morgan fingerprint density at radius 3 is 2.35 bits per heavy atom. The maximum atomic E-state index is 13.4. The number of halogens is 2. The number of carbonyl (C=O) groups is 1. The van der Waals surface area contributed by atoms with Crippen LogP contribution in [0.2, 0.25) is 0 Å². The number of ketones is 1. The Morgan fingerprint density at radius 2 is 1.75 bits per heavy atom. The molecule has 0 saturated carbocycles. The van der Waals surface area contributed by atoms with Crippen molar-refractivity contribution in [2.45, 2.75) is 58.3 Å². The summed E-state index contributed by atoms with van der Waals surface area (Å²) in [4.78, 5) is 11.9. The largest absolute Gasteiger partial charge is 0.504 e. The van der Waals surface area contributed by atoms with E-state index in [2.05, 4.69) is 6.92 Å². The van der Waals surface area contributed by atoms with Crippen LogP contribution in [0.5, 0.6) is 5.75 Å². The minimum Gasteiger partial charge on any atom is -0.504 e. The minimum atomic E-state index is -0.722. The van der Waals surface area contributed by atoms with Gasteiger partial charge in [0.05, 0.1) is 3.57 Å².